The first-order valence-corrected chi connectivity index (χ1v) is 6.82. The highest BCUT2D eigenvalue weighted by atomic mass is 16.4. The maximum Gasteiger partial charge on any atom is 0.0351 e. The minimum atomic E-state index is 1.62. The van der Waals surface area contributed by atoms with Gasteiger partial charge in [-0.1, -0.05) is 100 Å². The second-order valence-corrected chi connectivity index (χ2v) is 2.72. The Morgan fingerprint density at radius 3 is 0.474 bits per heavy atom. The van der Waals surface area contributed by atoms with E-state index in [1.165, 1.54) is 0 Å². The number of hydrogen-bond donors (Lipinski definition) is 0. The highest BCUT2D eigenvalue weighted by molar-refractivity contribution is 4.99. The van der Waals surface area contributed by atoms with E-state index < -0.39 is 0 Å². The van der Waals surface area contributed by atoms with Gasteiger partial charge in [0.05, 0.1) is 0 Å². The quantitative estimate of drug-likeness (QED) is 0.592. The lowest BCUT2D eigenvalue weighted by Crippen LogP contribution is -1.55. The highest BCUT2D eigenvalue weighted by Gasteiger charge is 1.58. The van der Waals surface area contributed by atoms with Gasteiger partial charge < -0.3 is 4.74 Å². The lowest BCUT2D eigenvalue weighted by atomic mass is 10.4. The van der Waals surface area contributed by atoms with Gasteiger partial charge in [0.1, 0.15) is 0 Å². The molecule has 19 heavy (non-hydrogen) atoms. The second-order valence-electron chi connectivity index (χ2n) is 2.72. The van der Waals surface area contributed by atoms with Crippen LogP contribution in [0.25, 0.3) is 0 Å². The molecule has 2 aromatic carbocycles. The summed E-state index contributed by atoms with van der Waals surface area (Å²) in [5.74, 6) is 0. The standard InChI is InChI=1S/2C6H6.C2H6O.2C2H6/c2*1-2-4-6-5-3-1;1-3-2;2*1-2/h2*1-6H;1-2H3;2*1-2H3. The molecule has 0 N–H and O–H groups in total. The Labute approximate surface area is 120 Å². The summed E-state index contributed by atoms with van der Waals surface area (Å²) in [4.78, 5) is 0. The molecule has 0 saturated carbocycles. The summed E-state index contributed by atoms with van der Waals surface area (Å²) in [6.07, 6.45) is 0. The van der Waals surface area contributed by atoms with Crippen LogP contribution in [-0.4, -0.2) is 14.2 Å². The molecule has 0 aliphatic carbocycles. The normalized spacial score (nSPS) is 6.63. The van der Waals surface area contributed by atoms with Gasteiger partial charge in [0.15, 0.2) is 0 Å². The first kappa shape index (κ1) is 22.6. The maximum absolute atomic E-state index is 4.25. The predicted molar refractivity (Wildman–Crippen MR) is 88.5 cm³/mol. The maximum atomic E-state index is 4.25. The molecule has 0 spiro atoms. The third kappa shape index (κ3) is 31.4. The van der Waals surface area contributed by atoms with Gasteiger partial charge in [-0.3, -0.25) is 0 Å². The van der Waals surface area contributed by atoms with E-state index in [0.29, 0.717) is 0 Å². The molecule has 0 unspecified atom stereocenters. The van der Waals surface area contributed by atoms with Crippen LogP contribution in [0.15, 0.2) is 72.8 Å². The van der Waals surface area contributed by atoms with Gasteiger partial charge in [-0.2, -0.15) is 0 Å². The molecule has 0 amide bonds. The van der Waals surface area contributed by atoms with E-state index in [1.54, 1.807) is 14.2 Å². The molecule has 2 aromatic rings. The van der Waals surface area contributed by atoms with Gasteiger partial charge in [0.2, 0.25) is 0 Å². The van der Waals surface area contributed by atoms with Crippen molar-refractivity contribution in [1.82, 2.24) is 0 Å². The van der Waals surface area contributed by atoms with Crippen molar-refractivity contribution in [2.75, 3.05) is 14.2 Å². The van der Waals surface area contributed by atoms with Crippen LogP contribution in [0, 0.1) is 0 Å². The van der Waals surface area contributed by atoms with E-state index in [2.05, 4.69) is 4.74 Å². The third-order valence-corrected chi connectivity index (χ3v) is 1.33. The number of ether oxygens (including phenoxy) is 1. The van der Waals surface area contributed by atoms with Crippen LogP contribution >= 0.6 is 0 Å². The zero-order valence-electron chi connectivity index (χ0n) is 13.3. The molecular weight excluding hydrogens is 232 g/mol. The SMILES string of the molecule is CC.CC.COC.c1ccccc1.c1ccccc1. The fourth-order valence-electron chi connectivity index (χ4n) is 0.770. The van der Waals surface area contributed by atoms with E-state index in [-0.39, 0.29) is 0 Å². The molecule has 0 fully saturated rings. The summed E-state index contributed by atoms with van der Waals surface area (Å²) < 4.78 is 4.25. The predicted octanol–water partition coefficient (Wildman–Crippen LogP) is 5.69. The molecule has 0 saturated heterocycles. The molecule has 0 aliphatic heterocycles. The Balaban J connectivity index is -0.000000187. The molecular formula is C18H30O. The fraction of sp³-hybridized carbons (Fsp3) is 0.333. The van der Waals surface area contributed by atoms with Gasteiger partial charge >= 0.3 is 0 Å². The third-order valence-electron chi connectivity index (χ3n) is 1.33. The molecule has 0 bridgehead atoms. The Morgan fingerprint density at radius 1 is 0.368 bits per heavy atom. The fourth-order valence-corrected chi connectivity index (χ4v) is 0.770. The van der Waals surface area contributed by atoms with E-state index in [9.17, 15) is 0 Å². The Morgan fingerprint density at radius 2 is 0.421 bits per heavy atom. The van der Waals surface area contributed by atoms with Crippen molar-refractivity contribution < 1.29 is 4.74 Å². The molecule has 0 aliphatic rings. The highest BCUT2D eigenvalue weighted by Crippen LogP contribution is 1.80. The molecule has 108 valence electrons. The number of methoxy groups -OCH3 is 1. The average Bonchev–Trinajstić information content (AvgIpc) is 2.56. The van der Waals surface area contributed by atoms with Crippen LogP contribution < -0.4 is 0 Å². The summed E-state index contributed by atoms with van der Waals surface area (Å²) in [7, 11) is 3.25. The summed E-state index contributed by atoms with van der Waals surface area (Å²) in [6, 6.07) is 24.0. The summed E-state index contributed by atoms with van der Waals surface area (Å²) in [5, 5.41) is 0. The lowest BCUT2D eigenvalue weighted by molar-refractivity contribution is 0.277. The van der Waals surface area contributed by atoms with Crippen molar-refractivity contribution >= 4 is 0 Å². The molecule has 0 heterocycles. The molecule has 1 nitrogen and oxygen atoms in total. The van der Waals surface area contributed by atoms with Crippen molar-refractivity contribution in [2.24, 2.45) is 0 Å². The van der Waals surface area contributed by atoms with Crippen LogP contribution in [0.1, 0.15) is 27.7 Å². The molecule has 0 aromatic heterocycles. The van der Waals surface area contributed by atoms with Gasteiger partial charge in [0, 0.05) is 14.2 Å². The Hall–Kier alpha value is -1.60. The van der Waals surface area contributed by atoms with Gasteiger partial charge in [-0.05, 0) is 0 Å². The average molecular weight is 262 g/mol. The number of rotatable bonds is 0. The minimum absolute atomic E-state index is 1.62. The van der Waals surface area contributed by atoms with Crippen molar-refractivity contribution in [3.8, 4) is 0 Å². The number of hydrogen-bond acceptors (Lipinski definition) is 1. The summed E-state index contributed by atoms with van der Waals surface area (Å²) in [6.45, 7) is 8.00. The zero-order chi connectivity index (χ0) is 15.2. The van der Waals surface area contributed by atoms with E-state index in [1.807, 2.05) is 100 Å². The van der Waals surface area contributed by atoms with Crippen molar-refractivity contribution in [1.29, 1.82) is 0 Å². The van der Waals surface area contributed by atoms with Crippen LogP contribution in [0.3, 0.4) is 0 Å². The van der Waals surface area contributed by atoms with E-state index in [0.717, 1.165) is 0 Å². The largest absolute Gasteiger partial charge is 0.388 e. The Bertz CT molecular complexity index is 194. The second kappa shape index (κ2) is 29.9. The zero-order valence-corrected chi connectivity index (χ0v) is 13.3. The van der Waals surface area contributed by atoms with Gasteiger partial charge in [-0.25, -0.2) is 0 Å². The smallest absolute Gasteiger partial charge is 0.0351 e. The first-order valence-electron chi connectivity index (χ1n) is 6.82. The van der Waals surface area contributed by atoms with Crippen LogP contribution in [0.4, 0.5) is 0 Å². The van der Waals surface area contributed by atoms with Crippen LogP contribution in [0.2, 0.25) is 0 Å². The molecule has 0 radical (unpaired) electrons. The van der Waals surface area contributed by atoms with Gasteiger partial charge in [0.25, 0.3) is 0 Å². The summed E-state index contributed by atoms with van der Waals surface area (Å²) in [5.41, 5.74) is 0. The topological polar surface area (TPSA) is 9.23 Å². The molecule has 2 rings (SSSR count). The lowest BCUT2D eigenvalue weighted by Gasteiger charge is -1.69. The van der Waals surface area contributed by atoms with Gasteiger partial charge in [-0.15, -0.1) is 0 Å². The minimum Gasteiger partial charge on any atom is -0.388 e. The first-order chi connectivity index (χ1) is 9.41. The monoisotopic (exact) mass is 262 g/mol. The van der Waals surface area contributed by atoms with Crippen LogP contribution in [-0.2, 0) is 4.74 Å². The van der Waals surface area contributed by atoms with Crippen molar-refractivity contribution in [2.45, 2.75) is 27.7 Å². The molecule has 1 heteroatoms. The summed E-state index contributed by atoms with van der Waals surface area (Å²) >= 11 is 0. The number of benzene rings is 2. The van der Waals surface area contributed by atoms with Crippen molar-refractivity contribution in [3.05, 3.63) is 72.8 Å². The van der Waals surface area contributed by atoms with Crippen LogP contribution in [0.5, 0.6) is 0 Å². The van der Waals surface area contributed by atoms with Crippen molar-refractivity contribution in [3.63, 3.8) is 0 Å². The van der Waals surface area contributed by atoms with E-state index >= 15 is 0 Å². The Kier molecular flexibility index (Phi) is 35.5. The van der Waals surface area contributed by atoms with E-state index in [4.69, 9.17) is 0 Å². The molecule has 0 atom stereocenters.